The van der Waals surface area contributed by atoms with Crippen LogP contribution in [0.15, 0.2) is 6.20 Å². The van der Waals surface area contributed by atoms with Crippen molar-refractivity contribution in [1.82, 2.24) is 4.98 Å². The van der Waals surface area contributed by atoms with Crippen LogP contribution in [-0.2, 0) is 9.53 Å². The lowest BCUT2D eigenvalue weighted by Gasteiger charge is -2.17. The number of hydrogen-bond acceptors (Lipinski definition) is 8. The molecule has 2 unspecified atom stereocenters. The maximum Gasteiger partial charge on any atom is 0.337 e. The summed E-state index contributed by atoms with van der Waals surface area (Å²) in [5.74, 6) is -1.29. The number of hydrogen-bond donors (Lipinski definition) is 2. The SMILES string of the molecule is COC(=O)C(O)C(O)c1cnc(OC)c([N+](=O)[O-])c1C. The van der Waals surface area contributed by atoms with Crippen molar-refractivity contribution in [2.45, 2.75) is 19.1 Å². The van der Waals surface area contributed by atoms with Gasteiger partial charge in [-0.15, -0.1) is 0 Å². The van der Waals surface area contributed by atoms with Crippen LogP contribution < -0.4 is 4.74 Å². The number of nitro groups is 1. The Morgan fingerprint density at radius 2 is 2.05 bits per heavy atom. The van der Waals surface area contributed by atoms with Gasteiger partial charge in [-0.2, -0.15) is 0 Å². The third-order valence-corrected chi connectivity index (χ3v) is 2.75. The van der Waals surface area contributed by atoms with E-state index in [4.69, 9.17) is 4.74 Å². The molecule has 0 saturated heterocycles. The monoisotopic (exact) mass is 286 g/mol. The largest absolute Gasteiger partial charge is 0.476 e. The third kappa shape index (κ3) is 2.83. The van der Waals surface area contributed by atoms with Crippen molar-refractivity contribution in [2.24, 2.45) is 0 Å². The number of aliphatic hydroxyl groups excluding tert-OH is 2. The fraction of sp³-hybridized carbons (Fsp3) is 0.455. The predicted molar refractivity (Wildman–Crippen MR) is 65.2 cm³/mol. The molecule has 0 aromatic carbocycles. The quantitative estimate of drug-likeness (QED) is 0.434. The first-order valence-electron chi connectivity index (χ1n) is 5.47. The maximum atomic E-state index is 11.2. The maximum absolute atomic E-state index is 11.2. The molecule has 0 amide bonds. The highest BCUT2D eigenvalue weighted by molar-refractivity contribution is 5.75. The van der Waals surface area contributed by atoms with E-state index >= 15 is 0 Å². The first-order valence-corrected chi connectivity index (χ1v) is 5.47. The first-order chi connectivity index (χ1) is 9.34. The van der Waals surface area contributed by atoms with E-state index in [1.807, 2.05) is 0 Å². The van der Waals surface area contributed by atoms with Gasteiger partial charge in [-0.25, -0.2) is 9.78 Å². The van der Waals surface area contributed by atoms with Crippen molar-refractivity contribution in [2.75, 3.05) is 14.2 Å². The van der Waals surface area contributed by atoms with E-state index < -0.39 is 28.8 Å². The zero-order chi connectivity index (χ0) is 15.4. The Balaban J connectivity index is 3.30. The molecule has 0 aliphatic carbocycles. The lowest BCUT2D eigenvalue weighted by Crippen LogP contribution is -2.29. The van der Waals surface area contributed by atoms with Gasteiger partial charge in [-0.05, 0) is 6.92 Å². The summed E-state index contributed by atoms with van der Waals surface area (Å²) in [5.41, 5.74) is -0.464. The Morgan fingerprint density at radius 3 is 2.50 bits per heavy atom. The molecule has 9 nitrogen and oxygen atoms in total. The Labute approximate surface area is 113 Å². The molecule has 1 aromatic rings. The van der Waals surface area contributed by atoms with Crippen LogP contribution in [0.5, 0.6) is 5.88 Å². The third-order valence-electron chi connectivity index (χ3n) is 2.75. The fourth-order valence-corrected chi connectivity index (χ4v) is 1.67. The highest BCUT2D eigenvalue weighted by atomic mass is 16.6. The summed E-state index contributed by atoms with van der Waals surface area (Å²) in [6.07, 6.45) is -2.47. The number of rotatable bonds is 5. The standard InChI is InChI=1S/C11H14N2O7/c1-5-6(8(14)9(15)11(16)20-3)4-12-10(19-2)7(5)13(17)18/h4,8-9,14-15H,1-3H3. The predicted octanol–water partition coefficient (Wildman–Crippen LogP) is -0.126. The Bertz CT molecular complexity index is 532. The van der Waals surface area contributed by atoms with E-state index in [0.29, 0.717) is 0 Å². The number of pyridine rings is 1. The fourth-order valence-electron chi connectivity index (χ4n) is 1.67. The molecular weight excluding hydrogens is 272 g/mol. The molecule has 9 heteroatoms. The van der Waals surface area contributed by atoms with Gasteiger partial charge in [0.1, 0.15) is 6.10 Å². The molecular formula is C11H14N2O7. The molecule has 20 heavy (non-hydrogen) atoms. The molecule has 0 aliphatic heterocycles. The van der Waals surface area contributed by atoms with Gasteiger partial charge >= 0.3 is 11.7 Å². The van der Waals surface area contributed by atoms with Crippen LogP contribution >= 0.6 is 0 Å². The second kappa shape index (κ2) is 6.26. The number of esters is 1. The topological polar surface area (TPSA) is 132 Å². The van der Waals surface area contributed by atoms with Crippen LogP contribution in [0.2, 0.25) is 0 Å². The van der Waals surface area contributed by atoms with E-state index in [0.717, 1.165) is 13.3 Å². The summed E-state index contributed by atoms with van der Waals surface area (Å²) in [5, 5.41) is 30.4. The minimum absolute atomic E-state index is 0.0392. The molecule has 0 radical (unpaired) electrons. The van der Waals surface area contributed by atoms with Crippen LogP contribution in [0.1, 0.15) is 17.2 Å². The number of carbonyl (C=O) groups excluding carboxylic acids is 1. The van der Waals surface area contributed by atoms with Crippen LogP contribution in [0, 0.1) is 17.0 Å². The number of aromatic nitrogens is 1. The van der Waals surface area contributed by atoms with E-state index in [9.17, 15) is 25.1 Å². The lowest BCUT2D eigenvalue weighted by molar-refractivity contribution is -0.386. The average molecular weight is 286 g/mol. The van der Waals surface area contributed by atoms with Crippen LogP contribution in [-0.4, -0.2) is 46.4 Å². The van der Waals surface area contributed by atoms with E-state index in [-0.39, 0.29) is 17.0 Å². The van der Waals surface area contributed by atoms with Gasteiger partial charge in [-0.1, -0.05) is 0 Å². The molecule has 1 aromatic heterocycles. The molecule has 110 valence electrons. The van der Waals surface area contributed by atoms with Crippen LogP contribution in [0.4, 0.5) is 5.69 Å². The summed E-state index contributed by atoms with van der Waals surface area (Å²) < 4.78 is 9.05. The highest BCUT2D eigenvalue weighted by Crippen LogP contribution is 2.33. The minimum Gasteiger partial charge on any atom is -0.476 e. The molecule has 1 rings (SSSR count). The van der Waals surface area contributed by atoms with Gasteiger partial charge in [0.05, 0.1) is 19.1 Å². The highest BCUT2D eigenvalue weighted by Gasteiger charge is 2.32. The summed E-state index contributed by atoms with van der Waals surface area (Å²) in [7, 11) is 2.26. The second-order valence-electron chi connectivity index (χ2n) is 3.87. The molecule has 1 heterocycles. The molecule has 2 N–H and O–H groups in total. The normalized spacial score (nSPS) is 13.4. The van der Waals surface area contributed by atoms with Gasteiger partial charge in [-0.3, -0.25) is 10.1 Å². The smallest absolute Gasteiger partial charge is 0.337 e. The van der Waals surface area contributed by atoms with E-state index in [2.05, 4.69) is 9.72 Å². The number of methoxy groups -OCH3 is 2. The van der Waals surface area contributed by atoms with Crippen molar-refractivity contribution < 1.29 is 29.4 Å². The van der Waals surface area contributed by atoms with Crippen molar-refractivity contribution >= 4 is 11.7 Å². The van der Waals surface area contributed by atoms with Gasteiger partial charge in [0.25, 0.3) is 5.88 Å². The van der Waals surface area contributed by atoms with Gasteiger partial charge in [0.15, 0.2) is 6.10 Å². The Morgan fingerprint density at radius 1 is 1.45 bits per heavy atom. The summed E-state index contributed by atoms with van der Waals surface area (Å²) in [6, 6.07) is 0. The van der Waals surface area contributed by atoms with Gasteiger partial charge in [0.2, 0.25) is 0 Å². The van der Waals surface area contributed by atoms with Crippen molar-refractivity contribution in [3.05, 3.63) is 27.4 Å². The summed E-state index contributed by atoms with van der Waals surface area (Å²) in [4.78, 5) is 25.1. The van der Waals surface area contributed by atoms with E-state index in [1.54, 1.807) is 0 Å². The summed E-state index contributed by atoms with van der Waals surface area (Å²) in [6.45, 7) is 1.35. The minimum atomic E-state index is -1.87. The summed E-state index contributed by atoms with van der Waals surface area (Å²) >= 11 is 0. The number of carbonyl (C=O) groups is 1. The van der Waals surface area contributed by atoms with Crippen LogP contribution in [0.3, 0.4) is 0 Å². The molecule has 0 spiro atoms. The molecule has 0 aliphatic rings. The Kier molecular flexibility index (Phi) is 4.94. The van der Waals surface area contributed by atoms with Crippen LogP contribution in [0.25, 0.3) is 0 Å². The first kappa shape index (κ1) is 15.8. The number of ether oxygens (including phenoxy) is 2. The molecule has 0 fully saturated rings. The lowest BCUT2D eigenvalue weighted by atomic mass is 10.0. The van der Waals surface area contributed by atoms with Crippen molar-refractivity contribution in [1.29, 1.82) is 0 Å². The number of aliphatic hydroxyl groups is 2. The van der Waals surface area contributed by atoms with Crippen molar-refractivity contribution in [3.63, 3.8) is 0 Å². The second-order valence-corrected chi connectivity index (χ2v) is 3.87. The molecule has 0 bridgehead atoms. The average Bonchev–Trinajstić information content (AvgIpc) is 2.43. The van der Waals surface area contributed by atoms with Crippen molar-refractivity contribution in [3.8, 4) is 5.88 Å². The van der Waals surface area contributed by atoms with E-state index in [1.165, 1.54) is 14.0 Å². The van der Waals surface area contributed by atoms with Gasteiger partial charge < -0.3 is 19.7 Å². The van der Waals surface area contributed by atoms with Gasteiger partial charge in [0, 0.05) is 17.3 Å². The Hall–Kier alpha value is -2.26. The zero-order valence-electron chi connectivity index (χ0n) is 11.1. The molecule has 0 saturated carbocycles. The number of nitrogens with zero attached hydrogens (tertiary/aromatic N) is 2. The molecule has 2 atom stereocenters. The zero-order valence-corrected chi connectivity index (χ0v) is 11.1.